The van der Waals surface area contributed by atoms with E-state index in [-0.39, 0.29) is 22.1 Å². The molecule has 0 aromatic carbocycles. The van der Waals surface area contributed by atoms with Crippen LogP contribution in [0.25, 0.3) is 0 Å². The Morgan fingerprint density at radius 3 is 1.47 bits per heavy atom. The SMILES string of the molecule is C=C(N)N=C1C=C(C(C)(C)C)C(N=C2C=C(C(C)(C)C)C(N=C3C=C(C(C)(C)C)C(N)=N3)=N2)=N1. The number of rotatable bonds is 1. The van der Waals surface area contributed by atoms with E-state index in [0.717, 1.165) is 16.7 Å². The highest BCUT2D eigenvalue weighted by molar-refractivity contribution is 6.28. The molecule has 8 heteroatoms. The lowest BCUT2D eigenvalue weighted by Crippen LogP contribution is -2.22. The van der Waals surface area contributed by atoms with Crippen molar-refractivity contribution < 1.29 is 0 Å². The third-order valence-electron chi connectivity index (χ3n) is 5.38. The molecule has 0 unspecified atom stereocenters. The Balaban J connectivity index is 2.07. The maximum Gasteiger partial charge on any atom is 0.160 e. The second-order valence-electron chi connectivity index (χ2n) is 11.7. The lowest BCUT2D eigenvalue weighted by molar-refractivity contribution is 0.524. The van der Waals surface area contributed by atoms with E-state index in [0.29, 0.717) is 35.0 Å². The van der Waals surface area contributed by atoms with Gasteiger partial charge in [0, 0.05) is 16.7 Å². The molecule has 0 saturated heterocycles. The topological polar surface area (TPSA) is 126 Å². The molecule has 0 fully saturated rings. The Morgan fingerprint density at radius 2 is 1.06 bits per heavy atom. The third kappa shape index (κ3) is 5.55. The van der Waals surface area contributed by atoms with Crippen LogP contribution in [0.3, 0.4) is 0 Å². The number of hydrogen-bond acceptors (Lipinski definition) is 5. The second kappa shape index (κ2) is 8.42. The molecule has 0 radical (unpaired) electrons. The molecule has 3 rings (SSSR count). The van der Waals surface area contributed by atoms with Gasteiger partial charge >= 0.3 is 0 Å². The van der Waals surface area contributed by atoms with E-state index >= 15 is 0 Å². The molecule has 0 amide bonds. The summed E-state index contributed by atoms with van der Waals surface area (Å²) >= 11 is 0. The minimum atomic E-state index is -0.200. The lowest BCUT2D eigenvalue weighted by Gasteiger charge is -2.20. The van der Waals surface area contributed by atoms with Gasteiger partial charge in [0.05, 0.1) is 0 Å². The van der Waals surface area contributed by atoms with E-state index in [1.807, 2.05) is 18.2 Å². The maximum atomic E-state index is 6.16. The Morgan fingerprint density at radius 1 is 0.676 bits per heavy atom. The summed E-state index contributed by atoms with van der Waals surface area (Å²) in [5.41, 5.74) is 14.2. The van der Waals surface area contributed by atoms with Crippen LogP contribution in [-0.4, -0.2) is 35.0 Å². The fourth-order valence-corrected chi connectivity index (χ4v) is 3.62. The molecule has 0 aromatic heterocycles. The summed E-state index contributed by atoms with van der Waals surface area (Å²) in [5.74, 6) is 3.38. The summed E-state index contributed by atoms with van der Waals surface area (Å²) in [6.45, 7) is 22.6. The van der Waals surface area contributed by atoms with Crippen molar-refractivity contribution in [1.29, 1.82) is 0 Å². The number of nitrogens with zero attached hydrogens (tertiary/aromatic N) is 6. The zero-order chi connectivity index (χ0) is 25.6. The van der Waals surface area contributed by atoms with Gasteiger partial charge in [0.1, 0.15) is 11.7 Å². The first-order valence-corrected chi connectivity index (χ1v) is 11.3. The summed E-state index contributed by atoms with van der Waals surface area (Å²) in [5, 5.41) is 0. The zero-order valence-electron chi connectivity index (χ0n) is 21.8. The monoisotopic (exact) mass is 460 g/mol. The van der Waals surface area contributed by atoms with Crippen molar-refractivity contribution in [3.63, 3.8) is 0 Å². The highest BCUT2D eigenvalue weighted by Gasteiger charge is 2.31. The van der Waals surface area contributed by atoms with E-state index in [2.05, 4.69) is 83.9 Å². The van der Waals surface area contributed by atoms with Crippen molar-refractivity contribution in [2.75, 3.05) is 0 Å². The smallest absolute Gasteiger partial charge is 0.160 e. The first kappa shape index (κ1) is 25.2. The standard InChI is InChI=1S/C26H36N8/c1-14(27)29-18-12-16(25(5,6)7)22(31-18)33-20-13-17(26(8,9)10)23(34-20)32-19-11-15(21(28)30-19)24(2,3)4/h11-13H,1,27H2,2-10H3,(H2,28,29,30,31,32,33,34). The van der Waals surface area contributed by atoms with Gasteiger partial charge in [-0.15, -0.1) is 0 Å². The molecule has 3 aliphatic heterocycles. The Hall–Kier alpha value is -3.42. The molecule has 0 spiro atoms. The van der Waals surface area contributed by atoms with Crippen LogP contribution in [0.2, 0.25) is 0 Å². The normalized spacial score (nSPS) is 22.7. The van der Waals surface area contributed by atoms with Gasteiger partial charge in [-0.1, -0.05) is 68.9 Å². The van der Waals surface area contributed by atoms with Crippen molar-refractivity contribution in [2.45, 2.75) is 62.3 Å². The quantitative estimate of drug-likeness (QED) is 0.587. The van der Waals surface area contributed by atoms with Gasteiger partial charge in [0.15, 0.2) is 29.2 Å². The third-order valence-corrected chi connectivity index (χ3v) is 5.38. The van der Waals surface area contributed by atoms with Gasteiger partial charge in [-0.05, 0) is 34.5 Å². The van der Waals surface area contributed by atoms with E-state index in [4.69, 9.17) is 26.4 Å². The molecule has 0 saturated carbocycles. The van der Waals surface area contributed by atoms with Crippen molar-refractivity contribution in [3.8, 4) is 0 Å². The van der Waals surface area contributed by atoms with Gasteiger partial charge in [0.2, 0.25) is 0 Å². The predicted molar refractivity (Wildman–Crippen MR) is 145 cm³/mol. The predicted octanol–water partition coefficient (Wildman–Crippen LogP) is 4.72. The molecule has 3 heterocycles. The fourth-order valence-electron chi connectivity index (χ4n) is 3.62. The number of nitrogens with two attached hydrogens (primary N) is 2. The average Bonchev–Trinajstić information content (AvgIpc) is 3.31. The molecule has 3 aliphatic rings. The maximum absolute atomic E-state index is 6.16. The first-order valence-electron chi connectivity index (χ1n) is 11.3. The van der Waals surface area contributed by atoms with E-state index in [9.17, 15) is 0 Å². The molecule has 4 N–H and O–H groups in total. The van der Waals surface area contributed by atoms with Crippen LogP contribution in [0.5, 0.6) is 0 Å². The van der Waals surface area contributed by atoms with Gasteiger partial charge in [0.25, 0.3) is 0 Å². The van der Waals surface area contributed by atoms with Crippen LogP contribution in [0, 0.1) is 16.2 Å². The summed E-state index contributed by atoms with van der Waals surface area (Å²) in [7, 11) is 0. The van der Waals surface area contributed by atoms with Crippen LogP contribution in [0.4, 0.5) is 0 Å². The molecule has 0 bridgehead atoms. The van der Waals surface area contributed by atoms with E-state index < -0.39 is 0 Å². The van der Waals surface area contributed by atoms with E-state index in [1.165, 1.54) is 0 Å². The largest absolute Gasteiger partial charge is 0.384 e. The molecule has 0 aliphatic carbocycles. The van der Waals surface area contributed by atoms with Gasteiger partial charge in [-0.2, -0.15) is 0 Å². The lowest BCUT2D eigenvalue weighted by atomic mass is 9.85. The van der Waals surface area contributed by atoms with Crippen molar-refractivity contribution in [2.24, 2.45) is 57.7 Å². The van der Waals surface area contributed by atoms with Gasteiger partial charge < -0.3 is 11.5 Å². The molecule has 0 aromatic rings. The number of hydrogen-bond donors (Lipinski definition) is 2. The van der Waals surface area contributed by atoms with Crippen LogP contribution in [0.15, 0.2) is 77.3 Å². The average molecular weight is 461 g/mol. The second-order valence-corrected chi connectivity index (χ2v) is 11.7. The minimum absolute atomic E-state index is 0.123. The zero-order valence-corrected chi connectivity index (χ0v) is 21.8. The Labute approximate surface area is 202 Å². The fraction of sp³-hybridized carbons (Fsp3) is 0.462. The summed E-state index contributed by atoms with van der Waals surface area (Å²) in [6.07, 6.45) is 5.77. The van der Waals surface area contributed by atoms with Gasteiger partial charge in [-0.3, -0.25) is 0 Å². The first-order chi connectivity index (χ1) is 15.4. The molecule has 180 valence electrons. The molecular weight excluding hydrogens is 424 g/mol. The van der Waals surface area contributed by atoms with Crippen molar-refractivity contribution in [1.82, 2.24) is 0 Å². The highest BCUT2D eigenvalue weighted by Crippen LogP contribution is 2.34. The molecule has 34 heavy (non-hydrogen) atoms. The van der Waals surface area contributed by atoms with Crippen molar-refractivity contribution in [3.05, 3.63) is 47.3 Å². The highest BCUT2D eigenvalue weighted by atomic mass is 15.1. The summed E-state index contributed by atoms with van der Waals surface area (Å²) in [4.78, 5) is 27.5. The van der Waals surface area contributed by atoms with Crippen molar-refractivity contribution >= 4 is 35.0 Å². The minimum Gasteiger partial charge on any atom is -0.384 e. The molecule has 8 nitrogen and oxygen atoms in total. The molecular formula is C26H36N8. The summed E-state index contributed by atoms with van der Waals surface area (Å²) in [6, 6.07) is 0. The summed E-state index contributed by atoms with van der Waals surface area (Å²) < 4.78 is 0. The van der Waals surface area contributed by atoms with Crippen LogP contribution in [0.1, 0.15) is 62.3 Å². The number of aliphatic imine (C=N–C) groups is 6. The number of amidine groups is 6. The van der Waals surface area contributed by atoms with Gasteiger partial charge in [-0.25, -0.2) is 30.0 Å². The van der Waals surface area contributed by atoms with E-state index in [1.54, 1.807) is 0 Å². The Bertz CT molecular complexity index is 1200. The Kier molecular flexibility index (Phi) is 6.24. The van der Waals surface area contributed by atoms with Crippen LogP contribution < -0.4 is 11.5 Å². The van der Waals surface area contributed by atoms with Crippen LogP contribution in [-0.2, 0) is 0 Å². The van der Waals surface area contributed by atoms with Crippen LogP contribution >= 0.6 is 0 Å². The molecule has 0 atom stereocenters.